The van der Waals surface area contributed by atoms with Crippen molar-refractivity contribution >= 4 is 21.7 Å². The number of rotatable bonds is 3. The maximum absolute atomic E-state index is 13.4. The Bertz CT molecular complexity index is 388. The van der Waals surface area contributed by atoms with E-state index in [4.69, 9.17) is 4.74 Å². The van der Waals surface area contributed by atoms with E-state index in [0.29, 0.717) is 4.47 Å². The van der Waals surface area contributed by atoms with Crippen LogP contribution in [-0.2, 0) is 0 Å². The number of carbonyl (C=O) groups is 1. The Hall–Kier alpha value is -0.900. The van der Waals surface area contributed by atoms with Crippen molar-refractivity contribution in [2.45, 2.75) is 13.8 Å². The number of Topliss-reactive ketones (excluding diaryl/α,β-unsaturated/α-hetero) is 1. The molecule has 1 rings (SSSR count). The smallest absolute Gasteiger partial charge is 0.169 e. The van der Waals surface area contributed by atoms with Gasteiger partial charge in [-0.25, -0.2) is 4.39 Å². The lowest BCUT2D eigenvalue weighted by molar-refractivity contribution is 0.0935. The second kappa shape index (κ2) is 4.75. The van der Waals surface area contributed by atoms with Crippen molar-refractivity contribution in [2.75, 3.05) is 7.11 Å². The lowest BCUT2D eigenvalue weighted by atomic mass is 10.0. The van der Waals surface area contributed by atoms with Gasteiger partial charge in [-0.1, -0.05) is 29.8 Å². The quantitative estimate of drug-likeness (QED) is 0.790. The van der Waals surface area contributed by atoms with Crippen LogP contribution in [-0.4, -0.2) is 12.9 Å². The van der Waals surface area contributed by atoms with Gasteiger partial charge in [-0.05, 0) is 12.1 Å². The van der Waals surface area contributed by atoms with E-state index in [2.05, 4.69) is 15.9 Å². The summed E-state index contributed by atoms with van der Waals surface area (Å²) in [4.78, 5) is 11.8. The van der Waals surface area contributed by atoms with Gasteiger partial charge in [0.1, 0.15) is 0 Å². The number of ether oxygens (including phenoxy) is 1. The predicted octanol–water partition coefficient (Wildman–Crippen LogP) is 3.44. The fourth-order valence-corrected chi connectivity index (χ4v) is 1.69. The van der Waals surface area contributed by atoms with Crippen molar-refractivity contribution in [3.8, 4) is 5.75 Å². The van der Waals surface area contributed by atoms with E-state index in [1.165, 1.54) is 13.2 Å². The average Bonchev–Trinajstić information content (AvgIpc) is 2.15. The molecule has 4 heteroatoms. The van der Waals surface area contributed by atoms with Crippen molar-refractivity contribution in [1.29, 1.82) is 0 Å². The van der Waals surface area contributed by atoms with Crippen LogP contribution in [0.4, 0.5) is 4.39 Å². The second-order valence-electron chi connectivity index (χ2n) is 3.49. The Morgan fingerprint density at radius 1 is 1.47 bits per heavy atom. The molecule has 0 aliphatic heterocycles. The summed E-state index contributed by atoms with van der Waals surface area (Å²) in [6, 6.07) is 2.85. The second-order valence-corrected chi connectivity index (χ2v) is 4.40. The van der Waals surface area contributed by atoms with Crippen LogP contribution in [0.1, 0.15) is 24.2 Å². The first-order valence-electron chi connectivity index (χ1n) is 4.54. The van der Waals surface area contributed by atoms with Gasteiger partial charge in [-0.15, -0.1) is 0 Å². The molecule has 0 atom stereocenters. The van der Waals surface area contributed by atoms with Crippen molar-refractivity contribution in [3.05, 3.63) is 28.0 Å². The van der Waals surface area contributed by atoms with Gasteiger partial charge >= 0.3 is 0 Å². The van der Waals surface area contributed by atoms with Gasteiger partial charge in [-0.2, -0.15) is 0 Å². The largest absolute Gasteiger partial charge is 0.493 e. The highest BCUT2D eigenvalue weighted by Crippen LogP contribution is 2.28. The average molecular weight is 275 g/mol. The molecule has 0 unspecified atom stereocenters. The first kappa shape index (κ1) is 12.2. The third-order valence-corrected chi connectivity index (χ3v) is 2.46. The monoisotopic (exact) mass is 274 g/mol. The number of halogens is 2. The minimum Gasteiger partial charge on any atom is -0.493 e. The molecule has 15 heavy (non-hydrogen) atoms. The molecule has 2 nitrogen and oxygen atoms in total. The summed E-state index contributed by atoms with van der Waals surface area (Å²) < 4.78 is 18.8. The maximum Gasteiger partial charge on any atom is 0.169 e. The standard InChI is InChI=1S/C11H12BrFO2/c1-6(2)10(14)8-4-7(12)5-9(13)11(8)15-3/h4-6H,1-3H3. The molecular formula is C11H12BrFO2. The highest BCUT2D eigenvalue weighted by molar-refractivity contribution is 9.10. The van der Waals surface area contributed by atoms with Gasteiger partial charge in [0.2, 0.25) is 0 Å². The molecule has 0 saturated carbocycles. The van der Waals surface area contributed by atoms with Crippen LogP contribution in [0.2, 0.25) is 0 Å². The van der Waals surface area contributed by atoms with Crippen LogP contribution in [0.25, 0.3) is 0 Å². The predicted molar refractivity (Wildman–Crippen MR) is 59.8 cm³/mol. The number of carbonyl (C=O) groups excluding carboxylic acids is 1. The summed E-state index contributed by atoms with van der Waals surface area (Å²) >= 11 is 3.15. The number of benzene rings is 1. The zero-order valence-electron chi connectivity index (χ0n) is 8.80. The Balaban J connectivity index is 3.32. The molecule has 1 aromatic rings. The van der Waals surface area contributed by atoms with Crippen LogP contribution in [0.3, 0.4) is 0 Å². The van der Waals surface area contributed by atoms with Gasteiger partial charge in [0, 0.05) is 10.4 Å². The van der Waals surface area contributed by atoms with Gasteiger partial charge < -0.3 is 4.74 Å². The Labute approximate surface area is 96.6 Å². The first-order valence-corrected chi connectivity index (χ1v) is 5.34. The van der Waals surface area contributed by atoms with Crippen molar-refractivity contribution < 1.29 is 13.9 Å². The molecule has 0 aliphatic rings. The minimum atomic E-state index is -0.532. The molecular weight excluding hydrogens is 263 g/mol. The molecule has 0 radical (unpaired) electrons. The normalized spacial score (nSPS) is 10.5. The SMILES string of the molecule is COc1c(F)cc(Br)cc1C(=O)C(C)C. The van der Waals surface area contributed by atoms with Crippen molar-refractivity contribution in [2.24, 2.45) is 5.92 Å². The molecule has 0 heterocycles. The number of ketones is 1. The molecule has 82 valence electrons. The lowest BCUT2D eigenvalue weighted by Crippen LogP contribution is -2.10. The topological polar surface area (TPSA) is 26.3 Å². The van der Waals surface area contributed by atoms with Crippen LogP contribution in [0.5, 0.6) is 5.75 Å². The third kappa shape index (κ3) is 2.56. The Kier molecular flexibility index (Phi) is 3.85. The molecule has 0 aliphatic carbocycles. The molecule has 0 spiro atoms. The Morgan fingerprint density at radius 2 is 2.07 bits per heavy atom. The summed E-state index contributed by atoms with van der Waals surface area (Å²) in [6.07, 6.45) is 0. The van der Waals surface area contributed by atoms with Gasteiger partial charge in [0.05, 0.1) is 12.7 Å². The summed E-state index contributed by atoms with van der Waals surface area (Å²) in [6.45, 7) is 3.53. The lowest BCUT2D eigenvalue weighted by Gasteiger charge is -2.11. The van der Waals surface area contributed by atoms with Crippen LogP contribution < -0.4 is 4.74 Å². The molecule has 0 aromatic heterocycles. The molecule has 0 saturated heterocycles. The van der Waals surface area contributed by atoms with Crippen LogP contribution in [0.15, 0.2) is 16.6 Å². The minimum absolute atomic E-state index is 0.0110. The number of hydrogen-bond donors (Lipinski definition) is 0. The van der Waals surface area contributed by atoms with Gasteiger partial charge in [-0.3, -0.25) is 4.79 Å². The third-order valence-electron chi connectivity index (χ3n) is 2.00. The van der Waals surface area contributed by atoms with Crippen LogP contribution in [0, 0.1) is 11.7 Å². The summed E-state index contributed by atoms with van der Waals surface area (Å²) in [5, 5.41) is 0. The zero-order chi connectivity index (χ0) is 11.6. The summed E-state index contributed by atoms with van der Waals surface area (Å²) in [5.41, 5.74) is 0.277. The molecule has 0 N–H and O–H groups in total. The summed E-state index contributed by atoms with van der Waals surface area (Å²) in [7, 11) is 1.35. The molecule has 0 fully saturated rings. The number of methoxy groups -OCH3 is 1. The van der Waals surface area contributed by atoms with E-state index >= 15 is 0 Å². The van der Waals surface area contributed by atoms with E-state index in [1.807, 2.05) is 0 Å². The fourth-order valence-electron chi connectivity index (χ4n) is 1.26. The summed E-state index contributed by atoms with van der Waals surface area (Å²) in [5.74, 6) is -0.840. The fraction of sp³-hybridized carbons (Fsp3) is 0.364. The van der Waals surface area contributed by atoms with E-state index in [1.54, 1.807) is 19.9 Å². The molecule has 1 aromatic carbocycles. The van der Waals surface area contributed by atoms with Crippen molar-refractivity contribution in [3.63, 3.8) is 0 Å². The van der Waals surface area contributed by atoms with E-state index in [9.17, 15) is 9.18 Å². The highest BCUT2D eigenvalue weighted by atomic mass is 79.9. The highest BCUT2D eigenvalue weighted by Gasteiger charge is 2.19. The first-order chi connectivity index (χ1) is 6.97. The van der Waals surface area contributed by atoms with E-state index < -0.39 is 5.82 Å². The van der Waals surface area contributed by atoms with Gasteiger partial charge in [0.15, 0.2) is 17.3 Å². The van der Waals surface area contributed by atoms with Gasteiger partial charge in [0.25, 0.3) is 0 Å². The maximum atomic E-state index is 13.4. The van der Waals surface area contributed by atoms with Crippen molar-refractivity contribution in [1.82, 2.24) is 0 Å². The zero-order valence-corrected chi connectivity index (χ0v) is 10.4. The van der Waals surface area contributed by atoms with E-state index in [0.717, 1.165) is 0 Å². The van der Waals surface area contributed by atoms with Crippen LogP contribution >= 0.6 is 15.9 Å². The number of hydrogen-bond acceptors (Lipinski definition) is 2. The van der Waals surface area contributed by atoms with E-state index in [-0.39, 0.29) is 23.0 Å². The Morgan fingerprint density at radius 3 is 2.53 bits per heavy atom. The molecule has 0 bridgehead atoms. The molecule has 0 amide bonds.